The summed E-state index contributed by atoms with van der Waals surface area (Å²) in [6, 6.07) is 7.27. The van der Waals surface area contributed by atoms with Crippen LogP contribution in [-0.2, 0) is 4.79 Å². The molecule has 2 aromatic heterocycles. The minimum absolute atomic E-state index is 0.102. The van der Waals surface area contributed by atoms with Gasteiger partial charge in [-0.05, 0) is 82.3 Å². The van der Waals surface area contributed by atoms with E-state index < -0.39 is 0 Å². The van der Waals surface area contributed by atoms with Crippen molar-refractivity contribution in [3.63, 3.8) is 0 Å². The predicted octanol–water partition coefficient (Wildman–Crippen LogP) is 3.86. The van der Waals surface area contributed by atoms with Crippen LogP contribution >= 0.6 is 11.6 Å². The Bertz CT molecular complexity index is 1410. The van der Waals surface area contributed by atoms with Gasteiger partial charge in [0.05, 0.1) is 11.7 Å². The molecule has 39 heavy (non-hydrogen) atoms. The van der Waals surface area contributed by atoms with Crippen molar-refractivity contribution in [3.8, 4) is 5.75 Å². The molecule has 3 aromatic rings. The molecule has 1 aromatic carbocycles. The molecule has 1 spiro atoms. The molecule has 11 heteroatoms. The van der Waals surface area contributed by atoms with Crippen LogP contribution in [0.2, 0.25) is 5.02 Å². The summed E-state index contributed by atoms with van der Waals surface area (Å²) < 4.78 is 7.24. The van der Waals surface area contributed by atoms with E-state index in [0.29, 0.717) is 22.2 Å². The number of pyridine rings is 1. The van der Waals surface area contributed by atoms with Crippen molar-refractivity contribution >= 4 is 45.9 Å². The van der Waals surface area contributed by atoms with Gasteiger partial charge in [0.1, 0.15) is 5.02 Å². The number of amides is 1. The van der Waals surface area contributed by atoms with E-state index in [2.05, 4.69) is 25.8 Å². The van der Waals surface area contributed by atoms with Crippen molar-refractivity contribution in [1.29, 1.82) is 0 Å². The highest BCUT2D eigenvalue weighted by Gasteiger charge is 2.36. The van der Waals surface area contributed by atoms with Gasteiger partial charge in [-0.25, -0.2) is 4.98 Å². The van der Waals surface area contributed by atoms with E-state index >= 15 is 0 Å². The second-order valence-electron chi connectivity index (χ2n) is 10.7. The first-order valence-corrected chi connectivity index (χ1v) is 13.9. The molecule has 0 atom stereocenters. The van der Waals surface area contributed by atoms with Crippen LogP contribution in [0.25, 0.3) is 10.9 Å². The van der Waals surface area contributed by atoms with Crippen LogP contribution in [0, 0.1) is 5.41 Å². The Morgan fingerprint density at radius 1 is 1.18 bits per heavy atom. The summed E-state index contributed by atoms with van der Waals surface area (Å²) >= 11 is 6.50. The van der Waals surface area contributed by atoms with Crippen molar-refractivity contribution in [1.82, 2.24) is 25.2 Å². The summed E-state index contributed by atoms with van der Waals surface area (Å²) in [5.41, 5.74) is 1.69. The predicted molar refractivity (Wildman–Crippen MR) is 154 cm³/mol. The second-order valence-corrected chi connectivity index (χ2v) is 11.1. The SMILES string of the molecule is CNC(=O)COc1cc2cc(Nc3nc(N4CCC5(CCNCC5)CC4)ncc3Cl)ccc2n(C(C)C)c1=O. The average molecular weight is 554 g/mol. The number of hydrogen-bond donors (Lipinski definition) is 3. The van der Waals surface area contributed by atoms with Crippen molar-refractivity contribution in [3.05, 3.63) is 45.8 Å². The van der Waals surface area contributed by atoms with Gasteiger partial charge in [-0.3, -0.25) is 9.59 Å². The van der Waals surface area contributed by atoms with E-state index in [1.807, 2.05) is 32.0 Å². The number of rotatable bonds is 7. The monoisotopic (exact) mass is 553 g/mol. The van der Waals surface area contributed by atoms with Gasteiger partial charge in [-0.1, -0.05) is 11.6 Å². The zero-order valence-corrected chi connectivity index (χ0v) is 23.5. The molecular formula is C28H36ClN7O3. The lowest BCUT2D eigenvalue weighted by Gasteiger charge is -2.44. The Kier molecular flexibility index (Phi) is 7.95. The van der Waals surface area contributed by atoms with E-state index in [1.54, 1.807) is 16.8 Å². The molecule has 4 heterocycles. The Morgan fingerprint density at radius 2 is 1.92 bits per heavy atom. The molecule has 0 unspecified atom stereocenters. The number of likely N-dealkylation sites (N-methyl/N-ethyl adjacent to an activating group) is 1. The van der Waals surface area contributed by atoms with Crippen LogP contribution in [0.3, 0.4) is 0 Å². The summed E-state index contributed by atoms with van der Waals surface area (Å²) in [5, 5.41) is 10.5. The number of piperidine rings is 2. The molecule has 2 fully saturated rings. The molecule has 2 saturated heterocycles. The van der Waals surface area contributed by atoms with Crippen LogP contribution in [0.15, 0.2) is 35.3 Å². The van der Waals surface area contributed by atoms with Crippen molar-refractivity contribution in [2.75, 3.05) is 50.1 Å². The normalized spacial score (nSPS) is 17.0. The topological polar surface area (TPSA) is 113 Å². The highest BCUT2D eigenvalue weighted by Crippen LogP contribution is 2.40. The van der Waals surface area contributed by atoms with Gasteiger partial charge in [-0.15, -0.1) is 0 Å². The Hall–Kier alpha value is -3.37. The van der Waals surface area contributed by atoms with Gasteiger partial charge < -0.3 is 30.2 Å². The van der Waals surface area contributed by atoms with Gasteiger partial charge >= 0.3 is 0 Å². The number of halogens is 1. The fourth-order valence-corrected chi connectivity index (χ4v) is 5.74. The number of ether oxygens (including phenoxy) is 1. The first-order chi connectivity index (χ1) is 18.8. The molecular weight excluding hydrogens is 518 g/mol. The lowest BCUT2D eigenvalue weighted by Crippen LogP contribution is -2.46. The van der Waals surface area contributed by atoms with Crippen LogP contribution in [0.1, 0.15) is 45.6 Å². The number of nitrogens with one attached hydrogen (secondary N) is 3. The van der Waals surface area contributed by atoms with Crippen molar-refractivity contribution < 1.29 is 9.53 Å². The third-order valence-corrected chi connectivity index (χ3v) is 8.20. The van der Waals surface area contributed by atoms with E-state index in [1.165, 1.54) is 19.9 Å². The molecule has 2 aliphatic heterocycles. The van der Waals surface area contributed by atoms with E-state index in [-0.39, 0.29) is 29.9 Å². The maximum Gasteiger partial charge on any atom is 0.293 e. The molecule has 208 valence electrons. The summed E-state index contributed by atoms with van der Waals surface area (Å²) in [7, 11) is 1.52. The molecule has 0 saturated carbocycles. The van der Waals surface area contributed by atoms with Crippen molar-refractivity contribution in [2.45, 2.75) is 45.6 Å². The molecule has 1 amide bonds. The molecule has 10 nitrogen and oxygen atoms in total. The van der Waals surface area contributed by atoms with Gasteiger partial charge in [0.2, 0.25) is 5.95 Å². The number of fused-ring (bicyclic) bond motifs is 1. The van der Waals surface area contributed by atoms with Crippen molar-refractivity contribution in [2.24, 2.45) is 5.41 Å². The molecule has 3 N–H and O–H groups in total. The first kappa shape index (κ1) is 27.2. The maximum absolute atomic E-state index is 13.1. The quantitative estimate of drug-likeness (QED) is 0.404. The standard InChI is InChI=1S/C28H36ClN7O3/c1-18(2)36-22-5-4-20(14-19(22)15-23(26(36)38)39-17-24(37)30-3)33-25-21(29)16-32-27(34-25)35-12-8-28(9-13-35)6-10-31-11-7-28/h4-5,14-16,18,31H,6-13,17H2,1-3H3,(H,30,37)(H,32,33,34). The number of nitrogens with zero attached hydrogens (tertiary/aromatic N) is 4. The van der Waals surface area contributed by atoms with Crippen LogP contribution in [-0.4, -0.2) is 60.3 Å². The molecule has 0 bridgehead atoms. The number of benzene rings is 1. The van der Waals surface area contributed by atoms with Gasteiger partial charge in [-0.2, -0.15) is 4.98 Å². The van der Waals surface area contributed by atoms with Gasteiger partial charge in [0.25, 0.3) is 11.5 Å². The zero-order chi connectivity index (χ0) is 27.6. The fraction of sp³-hybridized carbons (Fsp3) is 0.500. The molecule has 5 rings (SSSR count). The van der Waals surface area contributed by atoms with E-state index in [4.69, 9.17) is 21.3 Å². The third kappa shape index (κ3) is 5.81. The number of aromatic nitrogens is 3. The smallest absolute Gasteiger partial charge is 0.293 e. The number of hydrogen-bond acceptors (Lipinski definition) is 8. The Labute approximate surface area is 233 Å². The van der Waals surface area contributed by atoms with Crippen LogP contribution < -0.4 is 31.1 Å². The Balaban J connectivity index is 1.39. The largest absolute Gasteiger partial charge is 0.478 e. The minimum atomic E-state index is -0.310. The van der Waals surface area contributed by atoms with Gasteiger partial charge in [0.15, 0.2) is 18.2 Å². The summed E-state index contributed by atoms with van der Waals surface area (Å²) in [6.07, 6.45) is 6.41. The van der Waals surface area contributed by atoms with E-state index in [0.717, 1.165) is 55.6 Å². The average Bonchev–Trinajstić information content (AvgIpc) is 2.93. The highest BCUT2D eigenvalue weighted by molar-refractivity contribution is 6.32. The van der Waals surface area contributed by atoms with Crippen LogP contribution in [0.5, 0.6) is 5.75 Å². The van der Waals surface area contributed by atoms with E-state index in [9.17, 15) is 9.59 Å². The highest BCUT2D eigenvalue weighted by atomic mass is 35.5. The lowest BCUT2D eigenvalue weighted by molar-refractivity contribution is -0.122. The summed E-state index contributed by atoms with van der Waals surface area (Å²) in [5.74, 6) is 1.01. The molecule has 2 aliphatic rings. The summed E-state index contributed by atoms with van der Waals surface area (Å²) in [4.78, 5) is 36.3. The lowest BCUT2D eigenvalue weighted by atomic mass is 9.72. The Morgan fingerprint density at radius 3 is 2.62 bits per heavy atom. The second kappa shape index (κ2) is 11.4. The first-order valence-electron chi connectivity index (χ1n) is 13.6. The minimum Gasteiger partial charge on any atom is -0.478 e. The fourth-order valence-electron chi connectivity index (χ4n) is 5.60. The summed E-state index contributed by atoms with van der Waals surface area (Å²) in [6.45, 7) is 7.71. The third-order valence-electron chi connectivity index (χ3n) is 7.92. The number of carbonyl (C=O) groups is 1. The number of anilines is 3. The zero-order valence-electron chi connectivity index (χ0n) is 22.7. The van der Waals surface area contributed by atoms with Crippen LogP contribution in [0.4, 0.5) is 17.5 Å². The molecule has 0 radical (unpaired) electrons. The maximum atomic E-state index is 13.1. The molecule has 0 aliphatic carbocycles. The van der Waals surface area contributed by atoms with Gasteiger partial charge in [0, 0.05) is 37.3 Å². The number of carbonyl (C=O) groups excluding carboxylic acids is 1.